The third-order valence-corrected chi connectivity index (χ3v) is 9.33. The molecule has 0 saturated carbocycles. The van der Waals surface area contributed by atoms with Crippen LogP contribution in [0.3, 0.4) is 0 Å². The Bertz CT molecular complexity index is 1440. The van der Waals surface area contributed by atoms with Crippen molar-refractivity contribution in [2.45, 2.75) is 72.3 Å². The second-order valence-corrected chi connectivity index (χ2v) is 12.5. The summed E-state index contributed by atoms with van der Waals surface area (Å²) in [4.78, 5) is 33.3. The molecule has 0 atom stereocenters. The van der Waals surface area contributed by atoms with E-state index in [2.05, 4.69) is 17.9 Å². The summed E-state index contributed by atoms with van der Waals surface area (Å²) >= 11 is 6.88. The van der Waals surface area contributed by atoms with Crippen LogP contribution in [0.4, 0.5) is 15.9 Å². The molecular formula is C32H40FN5O2S2. The highest BCUT2D eigenvalue weighted by atomic mass is 32.2. The molecule has 2 aliphatic heterocycles. The zero-order chi connectivity index (χ0) is 30.2. The lowest BCUT2D eigenvalue weighted by Crippen LogP contribution is -2.49. The normalized spacial score (nSPS) is 16.5. The Morgan fingerprint density at radius 3 is 2.31 bits per heavy atom. The molecule has 3 heterocycles. The molecule has 10 heteroatoms. The number of thioether (sulfide) groups is 1. The van der Waals surface area contributed by atoms with Gasteiger partial charge in [0.05, 0.1) is 10.6 Å². The fourth-order valence-electron chi connectivity index (χ4n) is 5.66. The van der Waals surface area contributed by atoms with Crippen LogP contribution >= 0.6 is 24.0 Å². The van der Waals surface area contributed by atoms with E-state index in [-0.39, 0.29) is 22.8 Å². The molecule has 2 fully saturated rings. The van der Waals surface area contributed by atoms with Gasteiger partial charge in [0.2, 0.25) is 0 Å². The third kappa shape index (κ3) is 6.90. The van der Waals surface area contributed by atoms with Crippen LogP contribution in [-0.2, 0) is 11.3 Å². The lowest BCUT2D eigenvalue weighted by molar-refractivity contribution is -0.122. The highest BCUT2D eigenvalue weighted by Crippen LogP contribution is 2.36. The van der Waals surface area contributed by atoms with Crippen LogP contribution in [0.5, 0.6) is 0 Å². The number of thiocarbonyl (C=S) groups is 1. The molecule has 0 radical (unpaired) electrons. The van der Waals surface area contributed by atoms with Gasteiger partial charge in [-0.3, -0.25) is 19.1 Å². The van der Waals surface area contributed by atoms with Crippen molar-refractivity contribution < 1.29 is 9.18 Å². The lowest BCUT2D eigenvalue weighted by Gasteiger charge is -2.39. The number of nitrogens with zero attached hydrogens (tertiary/aromatic N) is 5. The van der Waals surface area contributed by atoms with Gasteiger partial charge < -0.3 is 9.80 Å². The number of hydrogen-bond donors (Lipinski definition) is 0. The standard InChI is InChI=1S/C32H40FN5O2S2/c1-4-6-7-8-9-12-16-38-31(40)28(42-32(38)41)21-24-23(3)25(22-34)30(39)37(15-5-2)29(24)36-19-17-35(18-20-36)27-14-11-10-13-26(27)33/h10-11,13-14,21H,4-9,12,15-20H2,1-3H3/b28-21+. The topological polar surface area (TPSA) is 72.6 Å². The van der Waals surface area contributed by atoms with Crippen LogP contribution in [0.25, 0.3) is 6.08 Å². The fraction of sp³-hybridized carbons (Fsp3) is 0.500. The second kappa shape index (κ2) is 14.8. The maximum absolute atomic E-state index is 14.5. The molecule has 0 aliphatic carbocycles. The Morgan fingerprint density at radius 1 is 0.976 bits per heavy atom. The number of carbonyl (C=O) groups is 1. The molecular weight excluding hydrogens is 570 g/mol. The predicted molar refractivity (Wildman–Crippen MR) is 175 cm³/mol. The van der Waals surface area contributed by atoms with E-state index in [9.17, 15) is 19.2 Å². The van der Waals surface area contributed by atoms with Crippen molar-refractivity contribution in [3.63, 3.8) is 0 Å². The largest absolute Gasteiger partial charge is 0.366 e. The second-order valence-electron chi connectivity index (χ2n) is 10.8. The summed E-state index contributed by atoms with van der Waals surface area (Å²) in [5.74, 6) is 0.319. The van der Waals surface area contributed by atoms with Crippen molar-refractivity contribution in [2.75, 3.05) is 42.5 Å². The first-order chi connectivity index (χ1) is 20.3. The minimum absolute atomic E-state index is 0.0889. The van der Waals surface area contributed by atoms with Gasteiger partial charge in [-0.25, -0.2) is 4.39 Å². The quantitative estimate of drug-likeness (QED) is 0.155. The van der Waals surface area contributed by atoms with Crippen molar-refractivity contribution in [1.29, 1.82) is 5.26 Å². The van der Waals surface area contributed by atoms with E-state index in [0.29, 0.717) is 77.5 Å². The molecule has 1 aromatic heterocycles. The minimum Gasteiger partial charge on any atom is -0.366 e. The molecule has 7 nitrogen and oxygen atoms in total. The van der Waals surface area contributed by atoms with Crippen molar-refractivity contribution >= 4 is 51.8 Å². The summed E-state index contributed by atoms with van der Waals surface area (Å²) in [6.07, 6.45) is 9.28. The molecule has 2 saturated heterocycles. The van der Waals surface area contributed by atoms with E-state index in [0.717, 1.165) is 19.3 Å². The van der Waals surface area contributed by atoms with Gasteiger partial charge in [-0.1, -0.05) is 82.1 Å². The SMILES string of the molecule is CCCCCCCCN1C(=O)/C(=C\c2c(C)c(C#N)c(=O)n(CCC)c2N2CCN(c3ccccc3F)CC2)SC1=S. The molecule has 2 aliphatic rings. The van der Waals surface area contributed by atoms with Crippen LogP contribution in [-0.4, -0.2) is 52.4 Å². The zero-order valence-electron chi connectivity index (χ0n) is 24.8. The number of amides is 1. The lowest BCUT2D eigenvalue weighted by atomic mass is 10.0. The highest BCUT2D eigenvalue weighted by Gasteiger charge is 2.33. The van der Waals surface area contributed by atoms with E-state index < -0.39 is 0 Å². The van der Waals surface area contributed by atoms with Crippen LogP contribution < -0.4 is 15.4 Å². The van der Waals surface area contributed by atoms with Crippen LogP contribution in [0.2, 0.25) is 0 Å². The van der Waals surface area contributed by atoms with Crippen LogP contribution in [0, 0.1) is 24.1 Å². The number of unbranched alkanes of at least 4 members (excludes halogenated alkanes) is 5. The summed E-state index contributed by atoms with van der Waals surface area (Å²) in [5, 5.41) is 9.93. The average Bonchev–Trinajstić information content (AvgIpc) is 3.25. The first kappa shape index (κ1) is 31.8. The van der Waals surface area contributed by atoms with Crippen LogP contribution in [0.1, 0.15) is 75.5 Å². The number of hydrogen-bond acceptors (Lipinski definition) is 7. The third-order valence-electron chi connectivity index (χ3n) is 7.95. The summed E-state index contributed by atoms with van der Waals surface area (Å²) in [6.45, 7) is 9.25. The van der Waals surface area contributed by atoms with Crippen LogP contribution in [0.15, 0.2) is 34.0 Å². The molecule has 1 amide bonds. The Morgan fingerprint density at radius 2 is 1.64 bits per heavy atom. The Kier molecular flexibility index (Phi) is 11.2. The molecule has 1 aromatic carbocycles. The maximum Gasteiger partial charge on any atom is 0.270 e. The van der Waals surface area contributed by atoms with Gasteiger partial charge in [0.25, 0.3) is 11.5 Å². The van der Waals surface area contributed by atoms with E-state index in [1.165, 1.54) is 37.1 Å². The zero-order valence-corrected chi connectivity index (χ0v) is 26.5. The first-order valence-corrected chi connectivity index (χ1v) is 16.2. The molecule has 42 heavy (non-hydrogen) atoms. The number of nitriles is 1. The number of benzene rings is 1. The van der Waals surface area contributed by atoms with E-state index >= 15 is 0 Å². The number of rotatable bonds is 12. The van der Waals surface area contributed by atoms with Crippen molar-refractivity contribution in [3.8, 4) is 6.07 Å². The predicted octanol–water partition coefficient (Wildman–Crippen LogP) is 6.47. The smallest absolute Gasteiger partial charge is 0.270 e. The Balaban J connectivity index is 1.66. The molecule has 224 valence electrons. The minimum atomic E-state index is -0.323. The molecule has 0 unspecified atom stereocenters. The van der Waals surface area contributed by atoms with Crippen molar-refractivity contribution in [1.82, 2.24) is 9.47 Å². The van der Waals surface area contributed by atoms with Gasteiger partial charge in [-0.2, -0.15) is 5.26 Å². The number of anilines is 2. The number of para-hydroxylation sites is 1. The van der Waals surface area contributed by atoms with Crippen molar-refractivity contribution in [3.05, 3.63) is 62.0 Å². The Hall–Kier alpha value is -3.16. The molecule has 2 aromatic rings. The first-order valence-electron chi connectivity index (χ1n) is 15.0. The van der Waals surface area contributed by atoms with Gasteiger partial charge in [0.15, 0.2) is 0 Å². The summed E-state index contributed by atoms with van der Waals surface area (Å²) < 4.78 is 16.7. The van der Waals surface area contributed by atoms with Gasteiger partial charge in [-0.05, 0) is 43.5 Å². The van der Waals surface area contributed by atoms with E-state index in [1.807, 2.05) is 24.0 Å². The van der Waals surface area contributed by atoms with Gasteiger partial charge in [0, 0.05) is 44.8 Å². The number of carbonyl (C=O) groups excluding carboxylic acids is 1. The molecule has 4 rings (SSSR count). The monoisotopic (exact) mass is 609 g/mol. The van der Waals surface area contributed by atoms with Gasteiger partial charge >= 0.3 is 0 Å². The fourth-order valence-corrected chi connectivity index (χ4v) is 6.95. The summed E-state index contributed by atoms with van der Waals surface area (Å²) in [5.41, 5.74) is 1.58. The van der Waals surface area contributed by atoms with Gasteiger partial charge in [0.1, 0.15) is 27.6 Å². The summed E-state index contributed by atoms with van der Waals surface area (Å²) in [6, 6.07) is 8.86. The number of pyridine rings is 1. The molecule has 0 bridgehead atoms. The highest BCUT2D eigenvalue weighted by molar-refractivity contribution is 8.26. The Labute approximate surface area is 258 Å². The molecule has 0 N–H and O–H groups in total. The average molecular weight is 610 g/mol. The number of piperazine rings is 1. The van der Waals surface area contributed by atoms with E-state index in [4.69, 9.17) is 12.2 Å². The molecule has 0 spiro atoms. The van der Waals surface area contributed by atoms with Crippen molar-refractivity contribution in [2.24, 2.45) is 0 Å². The number of aromatic nitrogens is 1. The maximum atomic E-state index is 14.5. The van der Waals surface area contributed by atoms with Gasteiger partial charge in [-0.15, -0.1) is 0 Å². The summed E-state index contributed by atoms with van der Waals surface area (Å²) in [7, 11) is 0. The van der Waals surface area contributed by atoms with E-state index in [1.54, 1.807) is 28.5 Å². The number of halogens is 1.